The third-order valence-electron chi connectivity index (χ3n) is 6.12. The van der Waals surface area contributed by atoms with E-state index in [0.717, 1.165) is 30.6 Å². The zero-order chi connectivity index (χ0) is 22.7. The predicted molar refractivity (Wildman–Crippen MR) is 124 cm³/mol. The van der Waals surface area contributed by atoms with Crippen molar-refractivity contribution in [3.8, 4) is 0 Å². The summed E-state index contributed by atoms with van der Waals surface area (Å²) in [6, 6.07) is 13.8. The van der Waals surface area contributed by atoms with Gasteiger partial charge in [0.15, 0.2) is 0 Å². The van der Waals surface area contributed by atoms with Crippen LogP contribution in [-0.4, -0.2) is 66.0 Å². The van der Waals surface area contributed by atoms with Crippen molar-refractivity contribution in [1.82, 2.24) is 9.80 Å². The number of nitrogens with zero attached hydrogens (tertiary/aromatic N) is 2. The molecule has 0 spiro atoms. The highest BCUT2D eigenvalue weighted by Crippen LogP contribution is 2.39. The summed E-state index contributed by atoms with van der Waals surface area (Å²) in [6.07, 6.45) is 0.891. The van der Waals surface area contributed by atoms with Crippen LogP contribution in [-0.2, 0) is 20.7 Å². The highest BCUT2D eigenvalue weighted by molar-refractivity contribution is 6.46. The molecule has 2 heterocycles. The Morgan fingerprint density at radius 2 is 1.69 bits per heavy atom. The number of carbonyl (C=O) groups is 2. The van der Waals surface area contributed by atoms with Crippen LogP contribution in [0.15, 0.2) is 54.1 Å². The second kappa shape index (κ2) is 9.86. The molecule has 2 aromatic rings. The molecule has 2 aromatic carbocycles. The lowest BCUT2D eigenvalue weighted by Crippen LogP contribution is -2.42. The van der Waals surface area contributed by atoms with Crippen LogP contribution in [0.1, 0.15) is 29.7 Å². The van der Waals surface area contributed by atoms with Gasteiger partial charge in [-0.1, -0.05) is 42.8 Å². The summed E-state index contributed by atoms with van der Waals surface area (Å²) in [5.41, 5.74) is 2.54. The van der Waals surface area contributed by atoms with Gasteiger partial charge in [0.05, 0.1) is 24.8 Å². The minimum Gasteiger partial charge on any atom is -0.507 e. The fourth-order valence-electron chi connectivity index (χ4n) is 4.23. The molecule has 0 saturated carbocycles. The summed E-state index contributed by atoms with van der Waals surface area (Å²) < 4.78 is 5.40. The number of ketones is 1. The Morgan fingerprint density at radius 1 is 1.03 bits per heavy atom. The van der Waals surface area contributed by atoms with Crippen molar-refractivity contribution in [2.45, 2.75) is 19.4 Å². The lowest BCUT2D eigenvalue weighted by molar-refractivity contribution is -0.140. The Kier molecular flexibility index (Phi) is 6.94. The molecule has 2 saturated heterocycles. The van der Waals surface area contributed by atoms with Gasteiger partial charge in [0.25, 0.3) is 11.7 Å². The van der Waals surface area contributed by atoms with Crippen LogP contribution >= 0.6 is 11.6 Å². The molecule has 1 atom stereocenters. The van der Waals surface area contributed by atoms with Crippen molar-refractivity contribution >= 4 is 29.1 Å². The fourth-order valence-corrected chi connectivity index (χ4v) is 4.36. The minimum atomic E-state index is -0.663. The normalized spacial score (nSPS) is 21.3. The number of aryl methyl sites for hydroxylation is 1. The molecule has 0 aliphatic carbocycles. The topological polar surface area (TPSA) is 70.1 Å². The van der Waals surface area contributed by atoms with E-state index in [1.54, 1.807) is 29.2 Å². The molecular formula is C25H27ClN2O4. The Hall–Kier alpha value is -2.67. The van der Waals surface area contributed by atoms with Gasteiger partial charge in [0, 0.05) is 36.8 Å². The molecule has 0 unspecified atom stereocenters. The number of likely N-dealkylation sites (tertiary alicyclic amines) is 1. The molecule has 2 aliphatic rings. The van der Waals surface area contributed by atoms with Crippen molar-refractivity contribution in [2.75, 3.05) is 39.4 Å². The molecule has 2 fully saturated rings. The fraction of sp³-hybridized carbons (Fsp3) is 0.360. The third kappa shape index (κ3) is 4.58. The van der Waals surface area contributed by atoms with Crippen molar-refractivity contribution < 1.29 is 19.4 Å². The quantitative estimate of drug-likeness (QED) is 0.410. The minimum absolute atomic E-state index is 0.114. The molecule has 2 aliphatic heterocycles. The zero-order valence-electron chi connectivity index (χ0n) is 18.1. The molecule has 0 radical (unpaired) electrons. The highest BCUT2D eigenvalue weighted by atomic mass is 35.5. The number of hydrogen-bond acceptors (Lipinski definition) is 5. The summed E-state index contributed by atoms with van der Waals surface area (Å²) >= 11 is 5.98. The summed E-state index contributed by atoms with van der Waals surface area (Å²) in [7, 11) is 0. The zero-order valence-corrected chi connectivity index (χ0v) is 18.8. The van der Waals surface area contributed by atoms with Crippen LogP contribution in [0.4, 0.5) is 0 Å². The van der Waals surface area contributed by atoms with Crippen LogP contribution in [0.5, 0.6) is 0 Å². The second-order valence-corrected chi connectivity index (χ2v) is 8.48. The van der Waals surface area contributed by atoms with Gasteiger partial charge in [-0.2, -0.15) is 0 Å². The first-order valence-electron chi connectivity index (χ1n) is 10.9. The SMILES string of the molecule is CCc1ccc([C@H]2C(=C(O)c3ccc(Cl)cc3)C(=O)C(=O)N2CCN2CCOCC2)cc1. The van der Waals surface area contributed by atoms with Crippen molar-refractivity contribution in [2.24, 2.45) is 0 Å². The van der Waals surface area contributed by atoms with E-state index >= 15 is 0 Å². The van der Waals surface area contributed by atoms with Crippen LogP contribution in [0.25, 0.3) is 5.76 Å². The van der Waals surface area contributed by atoms with E-state index < -0.39 is 17.7 Å². The number of benzene rings is 2. The Morgan fingerprint density at radius 3 is 2.31 bits per heavy atom. The standard InChI is InChI=1S/C25H27ClN2O4/c1-2-17-3-5-18(6-4-17)22-21(23(29)19-7-9-20(26)10-8-19)24(30)25(31)28(22)12-11-27-13-15-32-16-14-27/h3-10,22,29H,2,11-16H2,1H3/t22-/m0/s1. The molecule has 6 nitrogen and oxygen atoms in total. The van der Waals surface area contributed by atoms with Crippen molar-refractivity contribution in [1.29, 1.82) is 0 Å². The average molecular weight is 455 g/mol. The molecule has 1 N–H and O–H groups in total. The molecule has 0 aromatic heterocycles. The number of halogens is 1. The summed E-state index contributed by atoms with van der Waals surface area (Å²) in [5.74, 6) is -1.43. The summed E-state index contributed by atoms with van der Waals surface area (Å²) in [6.45, 7) is 6.02. The Labute approximate surface area is 193 Å². The monoisotopic (exact) mass is 454 g/mol. The van der Waals surface area contributed by atoms with Gasteiger partial charge in [0.1, 0.15) is 5.76 Å². The van der Waals surface area contributed by atoms with E-state index in [0.29, 0.717) is 36.9 Å². The average Bonchev–Trinajstić information content (AvgIpc) is 3.08. The molecule has 1 amide bonds. The molecular weight excluding hydrogens is 428 g/mol. The first-order chi connectivity index (χ1) is 15.5. The maximum absolute atomic E-state index is 13.1. The van der Waals surface area contributed by atoms with E-state index in [1.807, 2.05) is 24.3 Å². The van der Waals surface area contributed by atoms with Crippen LogP contribution in [0.2, 0.25) is 5.02 Å². The first kappa shape index (κ1) is 22.5. The number of Topliss-reactive ketones (excluding diaryl/α,β-unsaturated/α-hetero) is 1. The number of carbonyl (C=O) groups excluding carboxylic acids is 2. The second-order valence-electron chi connectivity index (χ2n) is 8.05. The molecule has 0 bridgehead atoms. The van der Waals surface area contributed by atoms with Crippen LogP contribution < -0.4 is 0 Å². The smallest absolute Gasteiger partial charge is 0.295 e. The number of morpholine rings is 1. The van der Waals surface area contributed by atoms with Gasteiger partial charge in [-0.15, -0.1) is 0 Å². The van der Waals surface area contributed by atoms with Gasteiger partial charge in [-0.25, -0.2) is 0 Å². The van der Waals surface area contributed by atoms with Crippen molar-refractivity contribution in [3.63, 3.8) is 0 Å². The van der Waals surface area contributed by atoms with Gasteiger partial charge in [-0.3, -0.25) is 14.5 Å². The van der Waals surface area contributed by atoms with E-state index in [9.17, 15) is 14.7 Å². The molecule has 168 valence electrons. The van der Waals surface area contributed by atoms with E-state index in [1.165, 1.54) is 0 Å². The lowest BCUT2D eigenvalue weighted by Gasteiger charge is -2.31. The summed E-state index contributed by atoms with van der Waals surface area (Å²) in [5, 5.41) is 11.6. The Balaban J connectivity index is 1.72. The Bertz CT molecular complexity index is 1010. The van der Waals surface area contributed by atoms with Gasteiger partial charge < -0.3 is 14.7 Å². The van der Waals surface area contributed by atoms with E-state index in [-0.39, 0.29) is 11.3 Å². The predicted octanol–water partition coefficient (Wildman–Crippen LogP) is 3.66. The van der Waals surface area contributed by atoms with Gasteiger partial charge in [0.2, 0.25) is 0 Å². The molecule has 4 rings (SSSR count). The maximum atomic E-state index is 13.1. The van der Waals surface area contributed by atoms with Gasteiger partial charge >= 0.3 is 0 Å². The third-order valence-corrected chi connectivity index (χ3v) is 6.37. The van der Waals surface area contributed by atoms with E-state index in [2.05, 4.69) is 11.8 Å². The number of ether oxygens (including phenoxy) is 1. The van der Waals surface area contributed by atoms with Crippen LogP contribution in [0, 0.1) is 0 Å². The highest BCUT2D eigenvalue weighted by Gasteiger charge is 2.46. The lowest BCUT2D eigenvalue weighted by atomic mass is 9.94. The van der Waals surface area contributed by atoms with Crippen molar-refractivity contribution in [3.05, 3.63) is 75.8 Å². The number of rotatable bonds is 6. The van der Waals surface area contributed by atoms with Crippen LogP contribution in [0.3, 0.4) is 0 Å². The number of aliphatic hydroxyl groups is 1. The first-order valence-corrected chi connectivity index (χ1v) is 11.3. The maximum Gasteiger partial charge on any atom is 0.295 e. The number of hydrogen-bond donors (Lipinski definition) is 1. The summed E-state index contributed by atoms with van der Waals surface area (Å²) in [4.78, 5) is 29.9. The van der Waals surface area contributed by atoms with Gasteiger partial charge in [-0.05, 0) is 41.8 Å². The molecule has 7 heteroatoms. The van der Waals surface area contributed by atoms with E-state index in [4.69, 9.17) is 16.3 Å². The number of amides is 1. The molecule has 32 heavy (non-hydrogen) atoms. The number of aliphatic hydroxyl groups excluding tert-OH is 1. The largest absolute Gasteiger partial charge is 0.507 e.